The van der Waals surface area contributed by atoms with Crippen LogP contribution in [0.15, 0.2) is 66.9 Å². The lowest BCUT2D eigenvalue weighted by atomic mass is 10.1. The Kier molecular flexibility index (Phi) is 6.04. The third-order valence-electron chi connectivity index (χ3n) is 4.64. The van der Waals surface area contributed by atoms with Crippen molar-refractivity contribution in [2.75, 3.05) is 24.4 Å². The van der Waals surface area contributed by atoms with Gasteiger partial charge in [0.15, 0.2) is 5.82 Å². The van der Waals surface area contributed by atoms with Crippen LogP contribution in [0.1, 0.15) is 11.6 Å². The molecular weight excluding hydrogens is 399 g/mol. The van der Waals surface area contributed by atoms with Crippen molar-refractivity contribution in [3.05, 3.63) is 78.2 Å². The van der Waals surface area contributed by atoms with Crippen molar-refractivity contribution < 1.29 is 13.9 Å². The van der Waals surface area contributed by atoms with E-state index in [0.717, 1.165) is 22.2 Å². The van der Waals surface area contributed by atoms with Crippen molar-refractivity contribution in [3.8, 4) is 0 Å². The van der Waals surface area contributed by atoms with Crippen LogP contribution in [0, 0.1) is 5.82 Å². The molecule has 8 nitrogen and oxygen atoms in total. The van der Waals surface area contributed by atoms with Gasteiger partial charge in [0.25, 0.3) is 0 Å². The number of fused-ring (bicyclic) bond motifs is 1. The molecule has 2 aromatic carbocycles. The van der Waals surface area contributed by atoms with Crippen molar-refractivity contribution in [2.24, 2.45) is 0 Å². The molecule has 0 bridgehead atoms. The maximum Gasteiger partial charge on any atom is 0.320 e. The van der Waals surface area contributed by atoms with Crippen LogP contribution in [-0.2, 0) is 4.74 Å². The van der Waals surface area contributed by atoms with Crippen LogP contribution in [0.3, 0.4) is 0 Å². The molecular formula is C22H21FN6O2. The van der Waals surface area contributed by atoms with Crippen molar-refractivity contribution in [1.82, 2.24) is 20.5 Å². The smallest absolute Gasteiger partial charge is 0.320 e. The van der Waals surface area contributed by atoms with E-state index in [2.05, 4.69) is 31.1 Å². The lowest BCUT2D eigenvalue weighted by molar-refractivity contribution is 0.168. The number of carbonyl (C=O) groups excluding carboxylic acids is 1. The summed E-state index contributed by atoms with van der Waals surface area (Å²) in [6.07, 6.45) is 1.63. The number of amides is 2. The number of methoxy groups -OCH3 is 1. The van der Waals surface area contributed by atoms with Gasteiger partial charge in [-0.1, -0.05) is 30.3 Å². The van der Waals surface area contributed by atoms with Crippen LogP contribution >= 0.6 is 0 Å². The zero-order valence-electron chi connectivity index (χ0n) is 16.7. The number of ether oxygens (including phenoxy) is 1. The van der Waals surface area contributed by atoms with E-state index in [9.17, 15) is 9.18 Å². The van der Waals surface area contributed by atoms with Gasteiger partial charge >= 0.3 is 6.03 Å². The lowest BCUT2D eigenvalue weighted by Crippen LogP contribution is -2.35. The first-order chi connectivity index (χ1) is 15.1. The molecule has 31 heavy (non-hydrogen) atoms. The van der Waals surface area contributed by atoms with Gasteiger partial charge in [-0.15, -0.1) is 0 Å². The first-order valence-electron chi connectivity index (χ1n) is 9.60. The highest BCUT2D eigenvalue weighted by Crippen LogP contribution is 2.24. The van der Waals surface area contributed by atoms with Gasteiger partial charge in [-0.25, -0.2) is 14.2 Å². The molecule has 0 spiro atoms. The zero-order chi connectivity index (χ0) is 21.6. The van der Waals surface area contributed by atoms with Crippen molar-refractivity contribution in [3.63, 3.8) is 0 Å². The first-order valence-corrected chi connectivity index (χ1v) is 9.60. The first kappa shape index (κ1) is 20.3. The molecule has 0 aliphatic heterocycles. The standard InChI is InChI=1S/C22H21FN6O2/c1-31-13-19(14-7-9-15(23)10-8-14)26-22(30)27-20-11-18-17(12-24-20)21(29-28-18)25-16-5-3-2-4-6-16/h2-12,19H,13H2,1H3,(H2,25,28,29)(H2,24,26,27,30)/t19-/m1/s1. The fourth-order valence-electron chi connectivity index (χ4n) is 3.13. The summed E-state index contributed by atoms with van der Waals surface area (Å²) in [4.78, 5) is 16.8. The second kappa shape index (κ2) is 9.23. The van der Waals surface area contributed by atoms with Crippen LogP contribution in [0.2, 0.25) is 0 Å². The maximum atomic E-state index is 13.2. The molecule has 0 aliphatic carbocycles. The summed E-state index contributed by atoms with van der Waals surface area (Å²) in [5.41, 5.74) is 2.35. The summed E-state index contributed by atoms with van der Waals surface area (Å²) >= 11 is 0. The van der Waals surface area contributed by atoms with E-state index in [-0.39, 0.29) is 12.4 Å². The Morgan fingerprint density at radius 1 is 1.16 bits per heavy atom. The van der Waals surface area contributed by atoms with E-state index < -0.39 is 12.1 Å². The van der Waals surface area contributed by atoms with E-state index in [1.165, 1.54) is 19.2 Å². The quantitative estimate of drug-likeness (QED) is 0.356. The molecule has 1 atom stereocenters. The highest BCUT2D eigenvalue weighted by molar-refractivity contribution is 5.95. The number of carbonyl (C=O) groups is 1. The Hall–Kier alpha value is -3.98. The van der Waals surface area contributed by atoms with E-state index in [0.29, 0.717) is 11.6 Å². The number of benzene rings is 2. The summed E-state index contributed by atoms with van der Waals surface area (Å²) in [6, 6.07) is 16.4. The monoisotopic (exact) mass is 420 g/mol. The minimum Gasteiger partial charge on any atom is -0.382 e. The number of nitrogens with one attached hydrogen (secondary N) is 4. The number of pyridine rings is 1. The van der Waals surface area contributed by atoms with Crippen LogP contribution in [0.5, 0.6) is 0 Å². The summed E-state index contributed by atoms with van der Waals surface area (Å²) in [5, 5.41) is 16.7. The molecule has 0 unspecified atom stereocenters. The predicted molar refractivity (Wildman–Crippen MR) is 117 cm³/mol. The molecule has 9 heteroatoms. The number of aromatic nitrogens is 3. The SMILES string of the molecule is COC[C@@H](NC(=O)Nc1cc2[nH]nc(Nc3ccccc3)c2cn1)c1ccc(F)cc1. The lowest BCUT2D eigenvalue weighted by Gasteiger charge is -2.18. The van der Waals surface area contributed by atoms with Crippen molar-refractivity contribution >= 4 is 34.3 Å². The Labute approximate surface area is 177 Å². The number of hydrogen-bond donors (Lipinski definition) is 4. The van der Waals surface area contributed by atoms with Gasteiger partial charge in [0.1, 0.15) is 11.6 Å². The third kappa shape index (κ3) is 4.96. The van der Waals surface area contributed by atoms with E-state index >= 15 is 0 Å². The second-order valence-electron chi connectivity index (χ2n) is 6.84. The molecule has 0 saturated carbocycles. The fraction of sp³-hybridized carbons (Fsp3) is 0.136. The highest BCUT2D eigenvalue weighted by atomic mass is 19.1. The molecule has 158 valence electrons. The molecule has 0 radical (unpaired) electrons. The number of H-pyrrole nitrogens is 1. The van der Waals surface area contributed by atoms with Gasteiger partial charge in [-0.2, -0.15) is 5.10 Å². The van der Waals surface area contributed by atoms with E-state index in [1.54, 1.807) is 24.4 Å². The van der Waals surface area contributed by atoms with Crippen molar-refractivity contribution in [1.29, 1.82) is 0 Å². The van der Waals surface area contributed by atoms with Crippen LogP contribution in [-0.4, -0.2) is 34.9 Å². The molecule has 0 aliphatic rings. The minimum atomic E-state index is -0.458. The van der Waals surface area contributed by atoms with E-state index in [1.807, 2.05) is 30.3 Å². The van der Waals surface area contributed by atoms with Crippen molar-refractivity contribution in [2.45, 2.75) is 6.04 Å². The van der Waals surface area contributed by atoms with Gasteiger partial charge in [-0.3, -0.25) is 10.4 Å². The summed E-state index contributed by atoms with van der Waals surface area (Å²) in [5.74, 6) is 0.652. The number of urea groups is 1. The Morgan fingerprint density at radius 3 is 2.68 bits per heavy atom. The molecule has 0 fully saturated rings. The molecule has 2 amide bonds. The number of hydrogen-bond acceptors (Lipinski definition) is 5. The van der Waals surface area contributed by atoms with Gasteiger partial charge in [0, 0.05) is 25.1 Å². The number of rotatable bonds is 7. The maximum absolute atomic E-state index is 13.2. The Balaban J connectivity index is 1.45. The number of halogens is 1. The van der Waals surface area contributed by atoms with Crippen LogP contribution < -0.4 is 16.0 Å². The zero-order valence-corrected chi connectivity index (χ0v) is 16.7. The second-order valence-corrected chi connectivity index (χ2v) is 6.84. The predicted octanol–water partition coefficient (Wildman–Crippen LogP) is 4.35. The molecule has 4 aromatic rings. The molecule has 2 aromatic heterocycles. The Morgan fingerprint density at radius 2 is 1.94 bits per heavy atom. The average Bonchev–Trinajstić information content (AvgIpc) is 3.16. The van der Waals surface area contributed by atoms with Crippen LogP contribution in [0.4, 0.5) is 26.5 Å². The topological polar surface area (TPSA) is 104 Å². The number of aromatic amines is 1. The summed E-state index contributed by atoms with van der Waals surface area (Å²) < 4.78 is 18.4. The largest absolute Gasteiger partial charge is 0.382 e. The number of nitrogens with zero attached hydrogens (tertiary/aromatic N) is 2. The molecule has 2 heterocycles. The Bertz CT molecular complexity index is 1160. The third-order valence-corrected chi connectivity index (χ3v) is 4.64. The minimum absolute atomic E-state index is 0.237. The highest BCUT2D eigenvalue weighted by Gasteiger charge is 2.16. The van der Waals surface area contributed by atoms with Gasteiger partial charge in [0.2, 0.25) is 0 Å². The summed E-state index contributed by atoms with van der Waals surface area (Å²) in [6.45, 7) is 0.237. The van der Waals surface area contributed by atoms with Gasteiger partial charge in [-0.05, 0) is 29.8 Å². The molecule has 0 saturated heterocycles. The normalized spacial score (nSPS) is 11.8. The van der Waals surface area contributed by atoms with Gasteiger partial charge < -0.3 is 15.4 Å². The molecule has 4 N–H and O–H groups in total. The fourth-order valence-corrected chi connectivity index (χ4v) is 3.13. The van der Waals surface area contributed by atoms with E-state index in [4.69, 9.17) is 4.74 Å². The molecule has 4 rings (SSSR count). The average molecular weight is 420 g/mol. The number of anilines is 3. The summed E-state index contributed by atoms with van der Waals surface area (Å²) in [7, 11) is 1.53. The van der Waals surface area contributed by atoms with Gasteiger partial charge in [0.05, 0.1) is 23.6 Å². The number of para-hydroxylation sites is 1. The van der Waals surface area contributed by atoms with Crippen LogP contribution in [0.25, 0.3) is 10.9 Å².